The maximum Gasteiger partial charge on any atom is 0.500 e. The Morgan fingerprint density at radius 1 is 1.11 bits per heavy atom. The van der Waals surface area contributed by atoms with Gasteiger partial charge in [-0.2, -0.15) is 0 Å². The second-order valence-corrected chi connectivity index (χ2v) is 6.55. The summed E-state index contributed by atoms with van der Waals surface area (Å²) in [7, 11) is 1.66. The molecule has 0 atom stereocenters. The van der Waals surface area contributed by atoms with Gasteiger partial charge in [0.2, 0.25) is 0 Å². The molecule has 0 aromatic rings. The fourth-order valence-corrected chi connectivity index (χ4v) is 3.16. The van der Waals surface area contributed by atoms with Crippen LogP contribution in [0, 0.1) is 0 Å². The lowest BCUT2D eigenvalue weighted by Gasteiger charge is -2.24. The Bertz CT molecular complexity index is 314. The van der Waals surface area contributed by atoms with E-state index >= 15 is 0 Å². The van der Waals surface area contributed by atoms with Crippen LogP contribution in [-0.2, 0) is 22.9 Å². The number of hydrogen-bond acceptors (Lipinski definition) is 5. The molecule has 0 saturated heterocycles. The molecular formula is C10H18O7Si. The predicted octanol–water partition coefficient (Wildman–Crippen LogP) is 0.740. The number of carboxylic acids is 2. The van der Waals surface area contributed by atoms with Crippen LogP contribution in [0.3, 0.4) is 0 Å². The van der Waals surface area contributed by atoms with Gasteiger partial charge in [0.05, 0.1) is 0 Å². The fraction of sp³-hybridized carbons (Fsp3) is 0.600. The Balaban J connectivity index is 4.47. The van der Waals surface area contributed by atoms with Crippen molar-refractivity contribution in [2.24, 2.45) is 0 Å². The van der Waals surface area contributed by atoms with Gasteiger partial charge in [0.15, 0.2) is 0 Å². The van der Waals surface area contributed by atoms with E-state index in [9.17, 15) is 9.59 Å². The van der Waals surface area contributed by atoms with E-state index in [1.165, 1.54) is 21.3 Å². The molecule has 0 radical (unpaired) electrons. The molecule has 0 spiro atoms. The topological polar surface area (TPSA) is 102 Å². The average molecular weight is 278 g/mol. The minimum Gasteiger partial charge on any atom is -0.478 e. The summed E-state index contributed by atoms with van der Waals surface area (Å²) in [5.74, 6) is -2.52. The SMILES string of the molecule is CO[Si](CCC/C(=C/C(=O)O)C(=O)O)(OC)OC. The van der Waals surface area contributed by atoms with Crippen molar-refractivity contribution < 1.29 is 33.1 Å². The Morgan fingerprint density at radius 2 is 1.61 bits per heavy atom. The molecule has 2 N–H and O–H groups in total. The highest BCUT2D eigenvalue weighted by Crippen LogP contribution is 2.18. The number of hydrogen-bond donors (Lipinski definition) is 2. The van der Waals surface area contributed by atoms with Crippen LogP contribution in [0.1, 0.15) is 12.8 Å². The Hall–Kier alpha value is -1.22. The minimum atomic E-state index is -2.73. The lowest BCUT2D eigenvalue weighted by Crippen LogP contribution is -2.42. The molecule has 0 fully saturated rings. The van der Waals surface area contributed by atoms with E-state index in [-0.39, 0.29) is 12.0 Å². The third-order valence-corrected chi connectivity index (χ3v) is 5.27. The van der Waals surface area contributed by atoms with Crippen LogP contribution in [0.2, 0.25) is 6.04 Å². The zero-order chi connectivity index (χ0) is 14.2. The highest BCUT2D eigenvalue weighted by atomic mass is 28.4. The molecule has 0 heterocycles. The summed E-state index contributed by atoms with van der Waals surface area (Å²) in [6, 6.07) is 0.417. The molecule has 0 aliphatic heterocycles. The molecule has 0 aromatic carbocycles. The van der Waals surface area contributed by atoms with Crippen LogP contribution in [0.25, 0.3) is 0 Å². The number of carboxylic acid groups (broad SMARTS) is 2. The van der Waals surface area contributed by atoms with Crippen molar-refractivity contribution in [1.29, 1.82) is 0 Å². The molecule has 18 heavy (non-hydrogen) atoms. The van der Waals surface area contributed by atoms with Gasteiger partial charge in [-0.05, 0) is 12.8 Å². The first-order valence-electron chi connectivity index (χ1n) is 5.23. The highest BCUT2D eigenvalue weighted by molar-refractivity contribution is 6.60. The van der Waals surface area contributed by atoms with Gasteiger partial charge in [0.25, 0.3) is 0 Å². The predicted molar refractivity (Wildman–Crippen MR) is 64.2 cm³/mol. The van der Waals surface area contributed by atoms with Crippen LogP contribution < -0.4 is 0 Å². The number of carbonyl (C=O) groups is 2. The monoisotopic (exact) mass is 278 g/mol. The van der Waals surface area contributed by atoms with Gasteiger partial charge in [-0.1, -0.05) is 0 Å². The molecule has 0 aromatic heterocycles. The first-order valence-corrected chi connectivity index (χ1v) is 7.16. The Morgan fingerprint density at radius 3 is 1.94 bits per heavy atom. The highest BCUT2D eigenvalue weighted by Gasteiger charge is 2.37. The van der Waals surface area contributed by atoms with Crippen molar-refractivity contribution in [3.8, 4) is 0 Å². The smallest absolute Gasteiger partial charge is 0.478 e. The largest absolute Gasteiger partial charge is 0.500 e. The van der Waals surface area contributed by atoms with Crippen LogP contribution >= 0.6 is 0 Å². The summed E-state index contributed by atoms with van der Waals surface area (Å²) in [6.45, 7) is 0. The van der Waals surface area contributed by atoms with Gasteiger partial charge in [-0.3, -0.25) is 0 Å². The maximum absolute atomic E-state index is 10.8. The molecule has 0 amide bonds. The van der Waals surface area contributed by atoms with E-state index in [0.717, 1.165) is 0 Å². The van der Waals surface area contributed by atoms with Crippen LogP contribution in [0.5, 0.6) is 0 Å². The molecule has 0 rings (SSSR count). The zero-order valence-corrected chi connectivity index (χ0v) is 11.6. The quantitative estimate of drug-likeness (QED) is 0.473. The van der Waals surface area contributed by atoms with E-state index in [0.29, 0.717) is 18.5 Å². The van der Waals surface area contributed by atoms with Crippen LogP contribution in [0.15, 0.2) is 11.6 Å². The van der Waals surface area contributed by atoms with Crippen molar-refractivity contribution in [3.05, 3.63) is 11.6 Å². The van der Waals surface area contributed by atoms with Crippen molar-refractivity contribution in [2.45, 2.75) is 18.9 Å². The van der Waals surface area contributed by atoms with Crippen molar-refractivity contribution >= 4 is 20.7 Å². The van der Waals surface area contributed by atoms with E-state index < -0.39 is 20.7 Å². The van der Waals surface area contributed by atoms with E-state index in [2.05, 4.69) is 0 Å². The van der Waals surface area contributed by atoms with Gasteiger partial charge in [-0.25, -0.2) is 9.59 Å². The summed E-state index contributed by atoms with van der Waals surface area (Å²) in [5, 5.41) is 17.3. The van der Waals surface area contributed by atoms with E-state index in [1.807, 2.05) is 0 Å². The second-order valence-electron chi connectivity index (χ2n) is 3.46. The number of rotatable bonds is 9. The maximum atomic E-state index is 10.8. The molecule has 0 aliphatic rings. The molecule has 0 bridgehead atoms. The molecule has 7 nitrogen and oxygen atoms in total. The van der Waals surface area contributed by atoms with Crippen LogP contribution in [0.4, 0.5) is 0 Å². The van der Waals surface area contributed by atoms with Gasteiger partial charge < -0.3 is 23.5 Å². The van der Waals surface area contributed by atoms with Gasteiger partial charge in [-0.15, -0.1) is 0 Å². The number of aliphatic carboxylic acids is 2. The lowest BCUT2D eigenvalue weighted by molar-refractivity contribution is -0.135. The zero-order valence-electron chi connectivity index (χ0n) is 10.6. The summed E-state index contributed by atoms with van der Waals surface area (Å²) in [6.07, 6.45) is 1.22. The van der Waals surface area contributed by atoms with E-state index in [1.54, 1.807) is 0 Å². The summed E-state index contributed by atoms with van der Waals surface area (Å²) in [4.78, 5) is 21.2. The van der Waals surface area contributed by atoms with Gasteiger partial charge in [0, 0.05) is 39.0 Å². The van der Waals surface area contributed by atoms with Crippen molar-refractivity contribution in [1.82, 2.24) is 0 Å². The third-order valence-electron chi connectivity index (χ3n) is 2.43. The lowest BCUT2D eigenvalue weighted by atomic mass is 10.1. The molecule has 104 valence electrons. The normalized spacial score (nSPS) is 12.5. The molecule has 8 heteroatoms. The van der Waals surface area contributed by atoms with Crippen molar-refractivity contribution in [2.75, 3.05) is 21.3 Å². The standard InChI is InChI=1S/C10H18O7Si/c1-15-18(16-2,17-3)6-4-5-8(10(13)14)7-9(11)12/h7H,4-6H2,1-3H3,(H,11,12)(H,13,14)/b8-7-. The van der Waals surface area contributed by atoms with Gasteiger partial charge >= 0.3 is 20.7 Å². The summed E-state index contributed by atoms with van der Waals surface area (Å²) < 4.78 is 15.5. The first kappa shape index (κ1) is 16.8. The third kappa shape index (κ3) is 5.41. The molecule has 0 unspecified atom stereocenters. The fourth-order valence-electron chi connectivity index (χ4n) is 1.44. The van der Waals surface area contributed by atoms with E-state index in [4.69, 9.17) is 23.5 Å². The average Bonchev–Trinajstić information content (AvgIpc) is 2.33. The van der Waals surface area contributed by atoms with Crippen LogP contribution in [-0.4, -0.2) is 52.3 Å². The Labute approximate surface area is 106 Å². The van der Waals surface area contributed by atoms with Crippen molar-refractivity contribution in [3.63, 3.8) is 0 Å². The minimum absolute atomic E-state index is 0.118. The summed E-state index contributed by atoms with van der Waals surface area (Å²) >= 11 is 0. The van der Waals surface area contributed by atoms with Gasteiger partial charge in [0.1, 0.15) is 0 Å². The molecular weight excluding hydrogens is 260 g/mol. The second kappa shape index (κ2) is 7.98. The first-order chi connectivity index (χ1) is 8.40. The molecule has 0 saturated carbocycles. The Kier molecular flexibility index (Phi) is 7.44. The molecule has 0 aliphatic carbocycles. The summed E-state index contributed by atoms with van der Waals surface area (Å²) in [5.41, 5.74) is -0.159.